The van der Waals surface area contributed by atoms with E-state index in [9.17, 15) is 9.59 Å². The van der Waals surface area contributed by atoms with Crippen molar-refractivity contribution >= 4 is 11.8 Å². The molecule has 2 aromatic rings. The second kappa shape index (κ2) is 8.30. The Balaban J connectivity index is 1.69. The van der Waals surface area contributed by atoms with Gasteiger partial charge in [-0.2, -0.15) is 0 Å². The van der Waals surface area contributed by atoms with Crippen LogP contribution in [-0.4, -0.2) is 23.3 Å². The fraction of sp³-hybridized carbons (Fsp3) is 0.440. The van der Waals surface area contributed by atoms with E-state index in [-0.39, 0.29) is 35.0 Å². The fourth-order valence-electron chi connectivity index (χ4n) is 4.33. The van der Waals surface area contributed by atoms with E-state index in [2.05, 4.69) is 45.0 Å². The molecule has 1 heterocycles. The van der Waals surface area contributed by atoms with Crippen LogP contribution in [0.1, 0.15) is 51.2 Å². The Labute approximate surface area is 168 Å². The fourth-order valence-corrected chi connectivity index (χ4v) is 4.33. The summed E-state index contributed by atoms with van der Waals surface area (Å²) in [7, 11) is 0. The molecule has 1 saturated heterocycles. The van der Waals surface area contributed by atoms with Crippen LogP contribution in [0.25, 0.3) is 0 Å². The van der Waals surface area contributed by atoms with Crippen LogP contribution < -0.4 is 0 Å². The molecule has 2 aromatic carbocycles. The van der Waals surface area contributed by atoms with Crippen LogP contribution in [-0.2, 0) is 16.0 Å². The molecule has 0 bridgehead atoms. The van der Waals surface area contributed by atoms with Crippen molar-refractivity contribution < 1.29 is 9.59 Å². The second-order valence-corrected chi connectivity index (χ2v) is 9.03. The van der Waals surface area contributed by atoms with Gasteiger partial charge in [0.2, 0.25) is 11.8 Å². The highest BCUT2D eigenvalue weighted by Gasteiger charge is 2.46. The lowest BCUT2D eigenvalue weighted by Gasteiger charge is -2.29. The molecule has 0 saturated carbocycles. The quantitative estimate of drug-likeness (QED) is 0.632. The summed E-state index contributed by atoms with van der Waals surface area (Å²) < 4.78 is 0. The largest absolute Gasteiger partial charge is 0.282 e. The molecule has 0 aliphatic carbocycles. The van der Waals surface area contributed by atoms with Crippen LogP contribution in [0.2, 0.25) is 0 Å². The SMILES string of the molecule is CC(CC1C(=O)N(CC(C)(C)Cc2ccccc2)C(=O)C1C)c1ccccc1. The van der Waals surface area contributed by atoms with Crippen LogP contribution in [0, 0.1) is 17.3 Å². The molecule has 0 radical (unpaired) electrons. The molecule has 3 rings (SSSR count). The molecule has 2 amide bonds. The maximum atomic E-state index is 13.1. The molecular weight excluding hydrogens is 346 g/mol. The van der Waals surface area contributed by atoms with E-state index in [1.165, 1.54) is 16.0 Å². The van der Waals surface area contributed by atoms with Gasteiger partial charge in [-0.3, -0.25) is 14.5 Å². The molecule has 1 aliphatic rings. The molecule has 3 heteroatoms. The van der Waals surface area contributed by atoms with E-state index < -0.39 is 0 Å². The summed E-state index contributed by atoms with van der Waals surface area (Å²) in [6.45, 7) is 8.78. The number of benzene rings is 2. The van der Waals surface area contributed by atoms with Gasteiger partial charge in [-0.1, -0.05) is 88.4 Å². The van der Waals surface area contributed by atoms with Gasteiger partial charge in [0.25, 0.3) is 0 Å². The molecule has 3 atom stereocenters. The summed E-state index contributed by atoms with van der Waals surface area (Å²) in [6, 6.07) is 20.5. The number of nitrogens with zero attached hydrogens (tertiary/aromatic N) is 1. The zero-order chi connectivity index (χ0) is 20.3. The summed E-state index contributed by atoms with van der Waals surface area (Å²) in [4.78, 5) is 27.5. The van der Waals surface area contributed by atoms with E-state index in [1.54, 1.807) is 0 Å². The summed E-state index contributed by atoms with van der Waals surface area (Å²) in [5.41, 5.74) is 2.29. The van der Waals surface area contributed by atoms with Crippen LogP contribution in [0.15, 0.2) is 60.7 Å². The molecule has 3 unspecified atom stereocenters. The average molecular weight is 378 g/mol. The van der Waals surface area contributed by atoms with Gasteiger partial charge in [-0.25, -0.2) is 0 Å². The van der Waals surface area contributed by atoms with Gasteiger partial charge >= 0.3 is 0 Å². The Hall–Kier alpha value is -2.42. The van der Waals surface area contributed by atoms with Gasteiger partial charge in [-0.05, 0) is 35.3 Å². The van der Waals surface area contributed by atoms with E-state index >= 15 is 0 Å². The summed E-state index contributed by atoms with van der Waals surface area (Å²) in [5.74, 6) is -0.234. The van der Waals surface area contributed by atoms with Crippen molar-refractivity contribution in [2.45, 2.75) is 46.5 Å². The zero-order valence-electron chi connectivity index (χ0n) is 17.4. The Bertz CT molecular complexity index is 813. The van der Waals surface area contributed by atoms with Crippen LogP contribution in [0.5, 0.6) is 0 Å². The van der Waals surface area contributed by atoms with E-state index in [0.717, 1.165) is 6.42 Å². The first-order valence-corrected chi connectivity index (χ1v) is 10.2. The van der Waals surface area contributed by atoms with Gasteiger partial charge in [0.05, 0.1) is 5.92 Å². The van der Waals surface area contributed by atoms with Crippen LogP contribution >= 0.6 is 0 Å². The molecular formula is C25H31NO2. The summed E-state index contributed by atoms with van der Waals surface area (Å²) >= 11 is 0. The van der Waals surface area contributed by atoms with Crippen molar-refractivity contribution in [1.29, 1.82) is 0 Å². The highest BCUT2D eigenvalue weighted by molar-refractivity contribution is 6.05. The van der Waals surface area contributed by atoms with Crippen molar-refractivity contribution in [3.05, 3.63) is 71.8 Å². The third-order valence-corrected chi connectivity index (χ3v) is 5.93. The Morgan fingerprint density at radius 1 is 0.929 bits per heavy atom. The maximum Gasteiger partial charge on any atom is 0.233 e. The Morgan fingerprint density at radius 2 is 1.50 bits per heavy atom. The van der Waals surface area contributed by atoms with Crippen molar-refractivity contribution in [1.82, 2.24) is 4.90 Å². The summed E-state index contributed by atoms with van der Waals surface area (Å²) in [5, 5.41) is 0. The number of rotatable bonds is 7. The lowest BCUT2D eigenvalue weighted by Crippen LogP contribution is -2.40. The van der Waals surface area contributed by atoms with Gasteiger partial charge in [0.15, 0.2) is 0 Å². The van der Waals surface area contributed by atoms with Crippen molar-refractivity contribution in [3.63, 3.8) is 0 Å². The number of hydrogen-bond donors (Lipinski definition) is 0. The molecule has 148 valence electrons. The van der Waals surface area contributed by atoms with Crippen molar-refractivity contribution in [2.75, 3.05) is 6.54 Å². The number of imide groups is 1. The van der Waals surface area contributed by atoms with Gasteiger partial charge in [0.1, 0.15) is 0 Å². The number of likely N-dealkylation sites (tertiary alicyclic amines) is 1. The Kier molecular flexibility index (Phi) is 6.02. The number of carbonyl (C=O) groups is 2. The topological polar surface area (TPSA) is 37.4 Å². The predicted octanol–water partition coefficient (Wildman–Crippen LogP) is 5.07. The normalized spacial score (nSPS) is 21.2. The minimum atomic E-state index is -0.244. The summed E-state index contributed by atoms with van der Waals surface area (Å²) in [6.07, 6.45) is 1.55. The van der Waals surface area contributed by atoms with Gasteiger partial charge in [0, 0.05) is 12.5 Å². The average Bonchev–Trinajstić information content (AvgIpc) is 2.87. The smallest absolute Gasteiger partial charge is 0.233 e. The first-order valence-electron chi connectivity index (χ1n) is 10.2. The van der Waals surface area contributed by atoms with E-state index in [0.29, 0.717) is 13.0 Å². The third-order valence-electron chi connectivity index (χ3n) is 5.93. The monoisotopic (exact) mass is 377 g/mol. The highest BCUT2D eigenvalue weighted by Crippen LogP contribution is 2.36. The number of amides is 2. The van der Waals surface area contributed by atoms with Crippen molar-refractivity contribution in [2.24, 2.45) is 17.3 Å². The number of carbonyl (C=O) groups excluding carboxylic acids is 2. The third kappa shape index (κ3) is 4.52. The second-order valence-electron chi connectivity index (χ2n) is 9.03. The molecule has 0 N–H and O–H groups in total. The lowest BCUT2D eigenvalue weighted by molar-refractivity contribution is -0.141. The van der Waals surface area contributed by atoms with E-state index in [4.69, 9.17) is 0 Å². The standard InChI is InChI=1S/C25H31NO2/c1-18(21-13-9-6-10-14-21)15-22-19(2)23(27)26(24(22)28)17-25(3,4)16-20-11-7-5-8-12-20/h5-14,18-19,22H,15-17H2,1-4H3. The minimum absolute atomic E-state index is 0.00131. The molecule has 28 heavy (non-hydrogen) atoms. The first kappa shape index (κ1) is 20.3. The van der Waals surface area contributed by atoms with Crippen LogP contribution in [0.3, 0.4) is 0 Å². The van der Waals surface area contributed by atoms with Crippen LogP contribution in [0.4, 0.5) is 0 Å². The first-order chi connectivity index (χ1) is 13.3. The molecule has 0 spiro atoms. The Morgan fingerprint density at radius 3 is 2.11 bits per heavy atom. The maximum absolute atomic E-state index is 13.1. The highest BCUT2D eigenvalue weighted by atomic mass is 16.2. The zero-order valence-corrected chi connectivity index (χ0v) is 17.4. The predicted molar refractivity (Wildman–Crippen MR) is 113 cm³/mol. The van der Waals surface area contributed by atoms with Gasteiger partial charge < -0.3 is 0 Å². The van der Waals surface area contributed by atoms with E-state index in [1.807, 2.05) is 43.3 Å². The lowest BCUT2D eigenvalue weighted by atomic mass is 9.84. The molecule has 0 aromatic heterocycles. The molecule has 1 aliphatic heterocycles. The number of hydrogen-bond acceptors (Lipinski definition) is 2. The molecule has 3 nitrogen and oxygen atoms in total. The van der Waals surface area contributed by atoms with Gasteiger partial charge in [-0.15, -0.1) is 0 Å². The molecule has 1 fully saturated rings. The minimum Gasteiger partial charge on any atom is -0.282 e. The van der Waals surface area contributed by atoms with Crippen molar-refractivity contribution in [3.8, 4) is 0 Å².